The quantitative estimate of drug-likeness (QED) is 0.100. The molecule has 0 saturated heterocycles. The van der Waals surface area contributed by atoms with Crippen molar-refractivity contribution in [2.45, 2.75) is 0 Å². The topological polar surface area (TPSA) is 0 Å². The highest BCUT2D eigenvalue weighted by Crippen LogP contribution is 2.26. The third-order valence-electron chi connectivity index (χ3n) is 11.3. The lowest BCUT2D eigenvalue weighted by molar-refractivity contribution is 1.58. The Bertz CT molecular complexity index is 2250. The third-order valence-corrected chi connectivity index (χ3v) is 20.9. The van der Waals surface area contributed by atoms with Crippen LogP contribution in [0.2, 0.25) is 0 Å². The highest BCUT2D eigenvalue weighted by molar-refractivity contribution is 7.20. The highest BCUT2D eigenvalue weighted by Gasteiger charge is 2.42. The minimum atomic E-state index is -2.59. The van der Waals surface area contributed by atoms with Gasteiger partial charge in [0.1, 0.15) is 0 Å². The van der Waals surface area contributed by atoms with Crippen molar-refractivity contribution in [3.63, 3.8) is 0 Å². The van der Waals surface area contributed by atoms with Gasteiger partial charge in [-0.25, -0.2) is 0 Å². The maximum atomic E-state index is 3.81. The fourth-order valence-corrected chi connectivity index (χ4v) is 18.2. The normalized spacial score (nSPS) is 11.6. The molecular formula is C54H41Si2. The first-order valence-electron chi connectivity index (χ1n) is 19.4. The molecule has 265 valence electrons. The lowest BCUT2D eigenvalue weighted by Gasteiger charge is -2.34. The molecule has 0 heterocycles. The Labute approximate surface area is 333 Å². The predicted molar refractivity (Wildman–Crippen MR) is 243 cm³/mol. The maximum absolute atomic E-state index is 3.81. The van der Waals surface area contributed by atoms with E-state index in [0.29, 0.717) is 0 Å². The van der Waals surface area contributed by atoms with E-state index in [1.807, 2.05) is 0 Å². The second-order valence-corrected chi connectivity index (χ2v) is 21.9. The van der Waals surface area contributed by atoms with Crippen LogP contribution in [0.3, 0.4) is 0 Å². The van der Waals surface area contributed by atoms with E-state index in [1.54, 1.807) is 0 Å². The molecule has 0 atom stereocenters. The summed E-state index contributed by atoms with van der Waals surface area (Å²) >= 11 is 0. The summed E-state index contributed by atoms with van der Waals surface area (Å²) in [5, 5.41) is 11.0. The van der Waals surface area contributed by atoms with Gasteiger partial charge in [0.15, 0.2) is 16.1 Å². The summed E-state index contributed by atoms with van der Waals surface area (Å²) in [6, 6.07) is 95.6. The Kier molecular flexibility index (Phi) is 9.81. The van der Waals surface area contributed by atoms with Crippen molar-refractivity contribution < 1.29 is 0 Å². The molecule has 1 radical (unpaired) electrons. The van der Waals surface area contributed by atoms with Gasteiger partial charge in [-0.1, -0.05) is 249 Å². The lowest BCUT2D eigenvalue weighted by Crippen LogP contribution is -2.74. The minimum Gasteiger partial charge on any atom is -0.0623 e. The summed E-state index contributed by atoms with van der Waals surface area (Å²) in [6.07, 6.45) is 0. The Morgan fingerprint density at radius 2 is 0.411 bits per heavy atom. The van der Waals surface area contributed by atoms with Crippen molar-refractivity contribution in [3.05, 3.63) is 255 Å². The fourth-order valence-electron chi connectivity index (χ4n) is 8.73. The number of hydrogen-bond acceptors (Lipinski definition) is 0. The molecule has 0 aliphatic carbocycles. The van der Waals surface area contributed by atoms with E-state index in [9.17, 15) is 0 Å². The van der Waals surface area contributed by atoms with Crippen LogP contribution in [-0.4, -0.2) is 16.1 Å². The van der Waals surface area contributed by atoms with E-state index >= 15 is 0 Å². The smallest absolute Gasteiger partial charge is 0.0623 e. The summed E-state index contributed by atoms with van der Waals surface area (Å²) in [6.45, 7) is 0. The van der Waals surface area contributed by atoms with Gasteiger partial charge in [-0.05, 0) is 69.8 Å². The molecular weight excluding hydrogens is 705 g/mol. The van der Waals surface area contributed by atoms with Crippen molar-refractivity contribution in [2.24, 2.45) is 0 Å². The molecule has 0 amide bonds. The van der Waals surface area contributed by atoms with Gasteiger partial charge in [0.05, 0.1) is 0 Å². The van der Waals surface area contributed by atoms with E-state index in [-0.39, 0.29) is 0 Å². The second-order valence-electron chi connectivity index (χ2n) is 14.3. The maximum Gasteiger partial charge on any atom is 0.179 e. The average molecular weight is 746 g/mol. The zero-order chi connectivity index (χ0) is 37.6. The molecule has 0 bridgehead atoms. The molecule has 0 unspecified atom stereocenters. The van der Waals surface area contributed by atoms with Crippen LogP contribution in [0.15, 0.2) is 249 Å². The van der Waals surface area contributed by atoms with Crippen LogP contribution in [0, 0.1) is 6.07 Å². The van der Waals surface area contributed by atoms with Crippen LogP contribution in [0.1, 0.15) is 0 Å². The molecule has 0 nitrogen and oxygen atoms in total. The van der Waals surface area contributed by atoms with E-state index in [2.05, 4.69) is 255 Å². The first-order chi connectivity index (χ1) is 27.8. The van der Waals surface area contributed by atoms with Gasteiger partial charge in [0.2, 0.25) is 0 Å². The average Bonchev–Trinajstić information content (AvgIpc) is 3.30. The largest absolute Gasteiger partial charge is 0.179 e. The van der Waals surface area contributed by atoms with Gasteiger partial charge in [-0.3, -0.25) is 0 Å². The number of hydrogen-bond donors (Lipinski definition) is 0. The summed E-state index contributed by atoms with van der Waals surface area (Å²) < 4.78 is 0. The summed E-state index contributed by atoms with van der Waals surface area (Å²) in [5.41, 5.74) is 4.50. The Hall–Kier alpha value is -6.59. The molecule has 9 aromatic carbocycles. The first-order valence-corrected chi connectivity index (χ1v) is 23.4. The molecule has 0 N–H and O–H groups in total. The predicted octanol–water partition coefficient (Wildman–Crippen LogP) is 7.58. The molecule has 0 aliphatic rings. The Morgan fingerprint density at radius 1 is 0.196 bits per heavy atom. The zero-order valence-corrected chi connectivity index (χ0v) is 33.2. The van der Waals surface area contributed by atoms with Gasteiger partial charge in [-0.15, -0.1) is 0 Å². The van der Waals surface area contributed by atoms with E-state index in [0.717, 1.165) is 22.3 Å². The fraction of sp³-hybridized carbons (Fsp3) is 0. The SMILES string of the molecule is [c]1c(-c2ccc([Si](c3ccccc3)(c3ccccc3)c3ccccc3)cc2)cccc1-c1ccc([Si](c2ccccc2)(c2ccccc2)c2ccccc2)cc1. The van der Waals surface area contributed by atoms with Crippen LogP contribution in [0.25, 0.3) is 22.3 Å². The molecule has 0 saturated carbocycles. The summed E-state index contributed by atoms with van der Waals surface area (Å²) in [4.78, 5) is 0. The van der Waals surface area contributed by atoms with Gasteiger partial charge < -0.3 is 0 Å². The molecule has 0 aliphatic heterocycles. The minimum absolute atomic E-state index is 1.09. The monoisotopic (exact) mass is 745 g/mol. The molecule has 9 aromatic rings. The van der Waals surface area contributed by atoms with Crippen LogP contribution < -0.4 is 41.5 Å². The van der Waals surface area contributed by atoms with Gasteiger partial charge in [-0.2, -0.15) is 0 Å². The van der Waals surface area contributed by atoms with Gasteiger partial charge in [0, 0.05) is 0 Å². The highest BCUT2D eigenvalue weighted by atomic mass is 28.3. The first kappa shape index (κ1) is 35.1. The van der Waals surface area contributed by atoms with Crippen LogP contribution in [0.4, 0.5) is 0 Å². The van der Waals surface area contributed by atoms with Crippen molar-refractivity contribution >= 4 is 57.6 Å². The molecule has 0 spiro atoms. The Morgan fingerprint density at radius 3 is 0.643 bits per heavy atom. The molecule has 2 heteroatoms. The second kappa shape index (κ2) is 15.6. The zero-order valence-electron chi connectivity index (χ0n) is 31.2. The van der Waals surface area contributed by atoms with Crippen molar-refractivity contribution in [1.82, 2.24) is 0 Å². The van der Waals surface area contributed by atoms with E-state index in [4.69, 9.17) is 0 Å². The number of rotatable bonds is 10. The third kappa shape index (κ3) is 6.29. The molecule has 56 heavy (non-hydrogen) atoms. The molecule has 0 fully saturated rings. The summed E-state index contributed by atoms with van der Waals surface area (Å²) in [7, 11) is -5.18. The standard InChI is InChI=1S/C54H41Si2/c1-7-22-47(23-8-1)55(48-24-9-2-10-25-48,49-26-11-3-12-27-49)53-38-34-43(35-39-53)45-20-19-21-46(42-45)44-36-40-54(41-37-44)56(50-28-13-4-14-29-50,51-30-15-5-16-31-51)52-32-17-6-18-33-52/h1-41H. The Balaban J connectivity index is 1.11. The van der Waals surface area contributed by atoms with Crippen LogP contribution in [0.5, 0.6) is 0 Å². The van der Waals surface area contributed by atoms with Crippen molar-refractivity contribution in [2.75, 3.05) is 0 Å². The van der Waals surface area contributed by atoms with Crippen LogP contribution >= 0.6 is 0 Å². The van der Waals surface area contributed by atoms with Gasteiger partial charge >= 0.3 is 0 Å². The van der Waals surface area contributed by atoms with Crippen molar-refractivity contribution in [1.29, 1.82) is 0 Å². The lowest BCUT2D eigenvalue weighted by atomic mass is 9.99. The van der Waals surface area contributed by atoms with E-state index in [1.165, 1.54) is 41.5 Å². The van der Waals surface area contributed by atoms with Crippen molar-refractivity contribution in [3.8, 4) is 22.3 Å². The molecule has 0 aromatic heterocycles. The van der Waals surface area contributed by atoms with Crippen LogP contribution in [-0.2, 0) is 0 Å². The van der Waals surface area contributed by atoms with E-state index < -0.39 is 16.1 Å². The number of benzene rings is 9. The summed E-state index contributed by atoms with van der Waals surface area (Å²) in [5.74, 6) is 0. The molecule has 9 rings (SSSR count). The van der Waals surface area contributed by atoms with Gasteiger partial charge in [0.25, 0.3) is 0 Å².